The molecule has 35 heavy (non-hydrogen) atoms. The number of fused-ring (bicyclic) bond motifs is 1. The summed E-state index contributed by atoms with van der Waals surface area (Å²) in [7, 11) is 0. The number of Topliss-reactive ketones (excluding diaryl/α,β-unsaturated/α-hetero) is 1. The molecule has 182 valence electrons. The van der Waals surface area contributed by atoms with Gasteiger partial charge in [-0.25, -0.2) is 5.01 Å². The molecule has 1 aromatic carbocycles. The number of nitrogens with one attached hydrogen (secondary N) is 2. The van der Waals surface area contributed by atoms with Crippen LogP contribution in [-0.2, 0) is 10.2 Å². The van der Waals surface area contributed by atoms with Gasteiger partial charge in [0.2, 0.25) is 0 Å². The Morgan fingerprint density at radius 1 is 1.20 bits per heavy atom. The molecule has 3 aliphatic rings. The van der Waals surface area contributed by atoms with Gasteiger partial charge in [-0.05, 0) is 57.1 Å². The second kappa shape index (κ2) is 8.70. The lowest BCUT2D eigenvalue weighted by molar-refractivity contribution is -0.113. The average Bonchev–Trinajstić information content (AvgIpc) is 3.23. The van der Waals surface area contributed by atoms with Crippen molar-refractivity contribution >= 4 is 17.8 Å². The van der Waals surface area contributed by atoms with Crippen molar-refractivity contribution in [2.45, 2.75) is 56.7 Å². The third kappa shape index (κ3) is 3.96. The number of hydrogen-bond acceptors (Lipinski definition) is 7. The second-order valence-corrected chi connectivity index (χ2v) is 10.1. The molecule has 3 heterocycles. The number of pyridine rings is 1. The van der Waals surface area contributed by atoms with E-state index in [9.17, 15) is 15.0 Å². The Hall–Kier alpha value is -3.36. The summed E-state index contributed by atoms with van der Waals surface area (Å²) < 4.78 is 0. The lowest BCUT2D eigenvalue weighted by Crippen LogP contribution is -2.58. The summed E-state index contributed by atoms with van der Waals surface area (Å²) in [6.45, 7) is 3.27. The van der Waals surface area contributed by atoms with E-state index in [0.29, 0.717) is 31.3 Å². The van der Waals surface area contributed by atoms with Gasteiger partial charge in [0.15, 0.2) is 11.6 Å². The van der Waals surface area contributed by atoms with Gasteiger partial charge in [-0.1, -0.05) is 36.4 Å². The van der Waals surface area contributed by atoms with Gasteiger partial charge in [-0.3, -0.25) is 15.2 Å². The fourth-order valence-corrected chi connectivity index (χ4v) is 5.44. The molecule has 2 atom stereocenters. The Bertz CT molecular complexity index is 1200. The molecule has 0 saturated heterocycles. The highest BCUT2D eigenvalue weighted by molar-refractivity contribution is 6.21. The van der Waals surface area contributed by atoms with E-state index in [2.05, 4.69) is 17.3 Å². The van der Waals surface area contributed by atoms with E-state index >= 15 is 0 Å². The summed E-state index contributed by atoms with van der Waals surface area (Å²) in [5.41, 5.74) is 2.32. The highest BCUT2D eigenvalue weighted by atomic mass is 16.3. The fraction of sp³-hybridized carbons (Fsp3) is 0.407. The first-order valence-electron chi connectivity index (χ1n) is 12.1. The van der Waals surface area contributed by atoms with Crippen LogP contribution in [0.5, 0.6) is 0 Å². The number of carbonyl (C=O) groups is 1. The summed E-state index contributed by atoms with van der Waals surface area (Å²) in [6, 6.07) is 14.0. The molecule has 4 N–H and O–H groups in total. The summed E-state index contributed by atoms with van der Waals surface area (Å²) in [6.07, 6.45) is 5.45. The zero-order valence-corrected chi connectivity index (χ0v) is 20.0. The Morgan fingerprint density at radius 2 is 1.91 bits per heavy atom. The average molecular weight is 474 g/mol. The lowest BCUT2D eigenvalue weighted by atomic mass is 9.75. The van der Waals surface area contributed by atoms with E-state index in [4.69, 9.17) is 10.4 Å². The molecule has 8 heteroatoms. The van der Waals surface area contributed by atoms with Crippen LogP contribution in [0.4, 0.5) is 0 Å². The Morgan fingerprint density at radius 3 is 2.51 bits per heavy atom. The number of aromatic nitrogens is 1. The zero-order valence-electron chi connectivity index (χ0n) is 20.0. The number of allylic oxidation sites excluding steroid dienone is 1. The van der Waals surface area contributed by atoms with E-state index in [1.165, 1.54) is 6.92 Å². The minimum absolute atomic E-state index is 0.00773. The summed E-state index contributed by atoms with van der Waals surface area (Å²) in [4.78, 5) is 17.3. The van der Waals surface area contributed by atoms with Crippen molar-refractivity contribution in [2.75, 3.05) is 6.61 Å². The number of rotatable bonds is 5. The molecule has 5 rings (SSSR count). The molecule has 2 aliphatic heterocycles. The molecule has 8 nitrogen and oxygen atoms in total. The summed E-state index contributed by atoms with van der Waals surface area (Å²) in [5.74, 6) is -0.101. The second-order valence-electron chi connectivity index (χ2n) is 10.1. The zero-order chi connectivity index (χ0) is 24.8. The SMILES string of the molecule is CC(=O)C1=C(C2CCC(O)(CO)CC2)N[C@@H]2N(N=CC2(C)c2ccc(-c3ccccc3)nc2)C1=N. The van der Waals surface area contributed by atoms with E-state index in [-0.39, 0.29) is 30.3 Å². The normalized spacial score (nSPS) is 30.3. The maximum atomic E-state index is 12.6. The van der Waals surface area contributed by atoms with Crippen molar-refractivity contribution in [3.05, 3.63) is 65.5 Å². The van der Waals surface area contributed by atoms with Gasteiger partial charge in [0.25, 0.3) is 0 Å². The number of benzene rings is 1. The monoisotopic (exact) mass is 473 g/mol. The number of aliphatic hydroxyl groups excluding tert-OH is 1. The molecule has 1 saturated carbocycles. The molecule has 0 spiro atoms. The predicted octanol–water partition coefficient (Wildman–Crippen LogP) is 2.97. The maximum Gasteiger partial charge on any atom is 0.165 e. The number of carbonyl (C=O) groups excluding carboxylic acids is 1. The maximum absolute atomic E-state index is 12.6. The van der Waals surface area contributed by atoms with Crippen molar-refractivity contribution in [1.82, 2.24) is 15.3 Å². The number of nitrogens with zero attached hydrogens (tertiary/aromatic N) is 3. The van der Waals surface area contributed by atoms with Gasteiger partial charge in [0.05, 0.1) is 28.9 Å². The summed E-state index contributed by atoms with van der Waals surface area (Å²) >= 11 is 0. The smallest absolute Gasteiger partial charge is 0.165 e. The molecule has 0 radical (unpaired) electrons. The van der Waals surface area contributed by atoms with Crippen molar-refractivity contribution in [3.63, 3.8) is 0 Å². The lowest BCUT2D eigenvalue weighted by Gasteiger charge is -2.44. The Labute approximate surface area is 204 Å². The molecular formula is C27H31N5O3. The van der Waals surface area contributed by atoms with Crippen molar-refractivity contribution < 1.29 is 15.0 Å². The molecule has 1 aromatic heterocycles. The first-order chi connectivity index (χ1) is 16.8. The molecule has 1 aliphatic carbocycles. The van der Waals surface area contributed by atoms with Crippen LogP contribution in [0.25, 0.3) is 11.3 Å². The quantitative estimate of drug-likeness (QED) is 0.530. The predicted molar refractivity (Wildman–Crippen MR) is 134 cm³/mol. The van der Waals surface area contributed by atoms with Crippen LogP contribution in [0.1, 0.15) is 45.1 Å². The van der Waals surface area contributed by atoms with Crippen LogP contribution in [0, 0.1) is 11.3 Å². The van der Waals surface area contributed by atoms with Crippen LogP contribution in [0.3, 0.4) is 0 Å². The van der Waals surface area contributed by atoms with Gasteiger partial charge in [-0.2, -0.15) is 5.10 Å². The van der Waals surface area contributed by atoms with Crippen LogP contribution in [-0.4, -0.2) is 56.4 Å². The fourth-order valence-electron chi connectivity index (χ4n) is 5.44. The number of ketones is 1. The third-order valence-corrected chi connectivity index (χ3v) is 7.72. The highest BCUT2D eigenvalue weighted by Gasteiger charge is 2.50. The molecule has 1 fully saturated rings. The van der Waals surface area contributed by atoms with E-state index in [1.807, 2.05) is 54.9 Å². The van der Waals surface area contributed by atoms with Gasteiger partial charge >= 0.3 is 0 Å². The Kier molecular flexibility index (Phi) is 5.81. The standard InChI is InChI=1S/C27H31N5O3/c1-17(34)22-23(19-10-12-27(35,16-33)13-11-19)31-25-26(2,15-30-32(25)24(22)28)20-8-9-21(29-14-20)18-6-4-3-5-7-18/h3-9,14-15,19,25,28,31,33,35H,10-13,16H2,1-2H3/t19?,25-,26?,27?/m1/s1. The molecule has 2 aromatic rings. The van der Waals surface area contributed by atoms with Crippen molar-refractivity contribution in [3.8, 4) is 11.3 Å². The minimum Gasteiger partial charge on any atom is -0.393 e. The number of hydrazone groups is 1. The van der Waals surface area contributed by atoms with Gasteiger partial charge in [0, 0.05) is 23.7 Å². The van der Waals surface area contributed by atoms with Crippen LogP contribution >= 0.6 is 0 Å². The first kappa shape index (κ1) is 23.4. The van der Waals surface area contributed by atoms with Crippen molar-refractivity contribution in [1.29, 1.82) is 5.41 Å². The largest absolute Gasteiger partial charge is 0.393 e. The molecule has 1 unspecified atom stereocenters. The van der Waals surface area contributed by atoms with Gasteiger partial charge in [-0.15, -0.1) is 0 Å². The van der Waals surface area contributed by atoms with Gasteiger partial charge < -0.3 is 15.5 Å². The highest BCUT2D eigenvalue weighted by Crippen LogP contribution is 2.42. The van der Waals surface area contributed by atoms with Crippen LogP contribution < -0.4 is 5.32 Å². The molecule has 0 amide bonds. The third-order valence-electron chi connectivity index (χ3n) is 7.72. The van der Waals surface area contributed by atoms with Crippen LogP contribution in [0.15, 0.2) is 65.0 Å². The molecule has 0 bridgehead atoms. The Balaban J connectivity index is 1.46. The topological polar surface area (TPSA) is 122 Å². The van der Waals surface area contributed by atoms with Crippen LogP contribution in [0.2, 0.25) is 0 Å². The number of amidine groups is 1. The molecular weight excluding hydrogens is 442 g/mol. The van der Waals surface area contributed by atoms with Crippen molar-refractivity contribution in [2.24, 2.45) is 11.0 Å². The van der Waals surface area contributed by atoms with E-state index < -0.39 is 11.0 Å². The summed E-state index contributed by atoms with van der Waals surface area (Å²) in [5, 5.41) is 38.6. The number of aliphatic hydroxyl groups is 2. The minimum atomic E-state index is -1.07. The number of hydrogen-bond donors (Lipinski definition) is 4. The first-order valence-corrected chi connectivity index (χ1v) is 12.1. The van der Waals surface area contributed by atoms with E-state index in [1.54, 1.807) is 5.01 Å². The van der Waals surface area contributed by atoms with E-state index in [0.717, 1.165) is 22.5 Å². The van der Waals surface area contributed by atoms with Gasteiger partial charge in [0.1, 0.15) is 6.17 Å².